The van der Waals surface area contributed by atoms with Gasteiger partial charge in [0.25, 0.3) is 5.91 Å². The Morgan fingerprint density at radius 1 is 1.21 bits per heavy atom. The number of rotatable bonds is 5. The van der Waals surface area contributed by atoms with Gasteiger partial charge in [-0.2, -0.15) is 5.10 Å². The first kappa shape index (κ1) is 18.1. The number of aryl methyl sites for hydroxylation is 1. The van der Waals surface area contributed by atoms with Gasteiger partial charge >= 0.3 is 0 Å². The molecule has 1 aliphatic rings. The van der Waals surface area contributed by atoms with E-state index in [1.165, 1.54) is 0 Å². The molecular weight excluding hydrogens is 352 g/mol. The van der Waals surface area contributed by atoms with Crippen LogP contribution in [0.15, 0.2) is 54.6 Å². The van der Waals surface area contributed by atoms with E-state index in [0.717, 1.165) is 53.5 Å². The summed E-state index contributed by atoms with van der Waals surface area (Å²) in [6.45, 7) is 3.58. The standard InChI is InChI=1S/C22H24N4O2/c1-15-5-3-4-6-19(15)22(27)23-17-11-12-26(14-17)21-13-20(24-25-21)16-7-9-18(28-2)10-8-16/h3-10,13,17H,11-12,14H2,1-2H3,(H,23,27)(H,24,25). The molecule has 1 saturated heterocycles. The Kier molecular flexibility index (Phi) is 5.02. The molecule has 6 nitrogen and oxygen atoms in total. The van der Waals surface area contributed by atoms with Crippen LogP contribution in [0, 0.1) is 6.92 Å². The van der Waals surface area contributed by atoms with Crippen molar-refractivity contribution >= 4 is 11.7 Å². The Bertz CT molecular complexity index is 965. The highest BCUT2D eigenvalue weighted by atomic mass is 16.5. The van der Waals surface area contributed by atoms with E-state index < -0.39 is 0 Å². The van der Waals surface area contributed by atoms with Gasteiger partial charge in [0, 0.05) is 30.8 Å². The van der Waals surface area contributed by atoms with Crippen molar-refractivity contribution in [2.24, 2.45) is 0 Å². The smallest absolute Gasteiger partial charge is 0.251 e. The van der Waals surface area contributed by atoms with Crippen LogP contribution in [0.4, 0.5) is 5.82 Å². The molecule has 4 rings (SSSR count). The van der Waals surface area contributed by atoms with Crippen molar-refractivity contribution < 1.29 is 9.53 Å². The van der Waals surface area contributed by atoms with Crippen LogP contribution in [0.3, 0.4) is 0 Å². The number of carbonyl (C=O) groups excluding carboxylic acids is 1. The van der Waals surface area contributed by atoms with Gasteiger partial charge in [0.15, 0.2) is 5.82 Å². The highest BCUT2D eigenvalue weighted by molar-refractivity contribution is 5.95. The second-order valence-corrected chi connectivity index (χ2v) is 7.09. The minimum atomic E-state index is -0.00843. The summed E-state index contributed by atoms with van der Waals surface area (Å²) in [6, 6.07) is 17.7. The molecule has 0 spiro atoms. The van der Waals surface area contributed by atoms with Crippen LogP contribution in [0.2, 0.25) is 0 Å². The fourth-order valence-corrected chi connectivity index (χ4v) is 3.57. The molecule has 28 heavy (non-hydrogen) atoms. The van der Waals surface area contributed by atoms with Gasteiger partial charge in [-0.1, -0.05) is 18.2 Å². The molecule has 6 heteroatoms. The molecule has 1 amide bonds. The van der Waals surface area contributed by atoms with Gasteiger partial charge in [-0.05, 0) is 54.8 Å². The van der Waals surface area contributed by atoms with Gasteiger partial charge in [0.1, 0.15) is 5.75 Å². The molecule has 0 radical (unpaired) electrons. The zero-order valence-electron chi connectivity index (χ0n) is 16.1. The minimum absolute atomic E-state index is 0.00843. The molecule has 2 aromatic carbocycles. The molecule has 1 aromatic heterocycles. The number of methoxy groups -OCH3 is 1. The molecule has 3 aromatic rings. The SMILES string of the molecule is COc1ccc(-c2cc(N3CCC(NC(=O)c4ccccc4C)C3)n[nH]2)cc1. The van der Waals surface area contributed by atoms with E-state index >= 15 is 0 Å². The maximum absolute atomic E-state index is 12.5. The second kappa shape index (κ2) is 7.76. The van der Waals surface area contributed by atoms with Crippen molar-refractivity contribution in [3.8, 4) is 17.0 Å². The number of hydrogen-bond donors (Lipinski definition) is 2. The van der Waals surface area contributed by atoms with E-state index in [4.69, 9.17) is 4.74 Å². The first-order valence-corrected chi connectivity index (χ1v) is 9.45. The maximum atomic E-state index is 12.5. The van der Waals surface area contributed by atoms with Gasteiger partial charge in [0.2, 0.25) is 0 Å². The number of aromatic amines is 1. The van der Waals surface area contributed by atoms with Crippen LogP contribution >= 0.6 is 0 Å². The Morgan fingerprint density at radius 3 is 2.75 bits per heavy atom. The number of amides is 1. The molecule has 0 aliphatic carbocycles. The number of hydrogen-bond acceptors (Lipinski definition) is 4. The predicted molar refractivity (Wildman–Crippen MR) is 110 cm³/mol. The van der Waals surface area contributed by atoms with Crippen LogP contribution in [-0.4, -0.2) is 42.3 Å². The first-order chi connectivity index (χ1) is 13.6. The third-order valence-corrected chi connectivity index (χ3v) is 5.20. The Balaban J connectivity index is 1.40. The summed E-state index contributed by atoms with van der Waals surface area (Å²) >= 11 is 0. The molecule has 2 heterocycles. The zero-order chi connectivity index (χ0) is 19.5. The predicted octanol–water partition coefficient (Wildman–Crippen LogP) is 3.40. The molecule has 1 unspecified atom stereocenters. The summed E-state index contributed by atoms with van der Waals surface area (Å²) in [4.78, 5) is 14.7. The molecule has 0 bridgehead atoms. The largest absolute Gasteiger partial charge is 0.497 e. The molecule has 0 saturated carbocycles. The summed E-state index contributed by atoms with van der Waals surface area (Å²) in [6.07, 6.45) is 0.905. The number of nitrogens with zero attached hydrogens (tertiary/aromatic N) is 2. The molecule has 1 fully saturated rings. The van der Waals surface area contributed by atoms with Crippen molar-refractivity contribution in [3.63, 3.8) is 0 Å². The third kappa shape index (κ3) is 3.71. The molecule has 1 atom stereocenters. The lowest BCUT2D eigenvalue weighted by Crippen LogP contribution is -2.37. The van der Waals surface area contributed by atoms with Crippen molar-refractivity contribution in [3.05, 3.63) is 65.7 Å². The highest BCUT2D eigenvalue weighted by Crippen LogP contribution is 2.26. The molecular formula is C22H24N4O2. The summed E-state index contributed by atoms with van der Waals surface area (Å²) in [5.74, 6) is 1.72. The van der Waals surface area contributed by atoms with Gasteiger partial charge in [-0.3, -0.25) is 9.89 Å². The lowest BCUT2D eigenvalue weighted by molar-refractivity contribution is 0.0940. The number of anilines is 1. The maximum Gasteiger partial charge on any atom is 0.251 e. The number of aromatic nitrogens is 2. The molecule has 1 aliphatic heterocycles. The van der Waals surface area contributed by atoms with Crippen molar-refractivity contribution in [2.45, 2.75) is 19.4 Å². The van der Waals surface area contributed by atoms with Crippen molar-refractivity contribution in [1.29, 1.82) is 0 Å². The number of nitrogens with one attached hydrogen (secondary N) is 2. The van der Waals surface area contributed by atoms with E-state index in [1.807, 2.05) is 61.5 Å². The summed E-state index contributed by atoms with van der Waals surface area (Å²) < 4.78 is 5.21. The van der Waals surface area contributed by atoms with Crippen LogP contribution in [0.25, 0.3) is 11.3 Å². The minimum Gasteiger partial charge on any atom is -0.497 e. The molecule has 144 valence electrons. The van der Waals surface area contributed by atoms with Gasteiger partial charge in [-0.25, -0.2) is 0 Å². The quantitative estimate of drug-likeness (QED) is 0.716. The van der Waals surface area contributed by atoms with Crippen molar-refractivity contribution in [2.75, 3.05) is 25.1 Å². The zero-order valence-corrected chi connectivity index (χ0v) is 16.1. The lowest BCUT2D eigenvalue weighted by atomic mass is 10.1. The van der Waals surface area contributed by atoms with E-state index in [1.54, 1.807) is 7.11 Å². The fourth-order valence-electron chi connectivity index (χ4n) is 3.57. The van der Waals surface area contributed by atoms with Gasteiger partial charge < -0.3 is 15.0 Å². The van der Waals surface area contributed by atoms with Crippen LogP contribution < -0.4 is 15.0 Å². The monoisotopic (exact) mass is 376 g/mol. The van der Waals surface area contributed by atoms with E-state index in [0.29, 0.717) is 0 Å². The van der Waals surface area contributed by atoms with Gasteiger partial charge in [-0.15, -0.1) is 0 Å². The first-order valence-electron chi connectivity index (χ1n) is 9.45. The molecule has 2 N–H and O–H groups in total. The van der Waals surface area contributed by atoms with Gasteiger partial charge in [0.05, 0.1) is 12.8 Å². The summed E-state index contributed by atoms with van der Waals surface area (Å²) in [5.41, 5.74) is 3.75. The normalized spacial score (nSPS) is 16.2. The Morgan fingerprint density at radius 2 is 2.00 bits per heavy atom. The lowest BCUT2D eigenvalue weighted by Gasteiger charge is -2.16. The number of carbonyl (C=O) groups is 1. The van der Waals surface area contributed by atoms with Crippen LogP contribution in [0.1, 0.15) is 22.3 Å². The fraction of sp³-hybridized carbons (Fsp3) is 0.273. The summed E-state index contributed by atoms with van der Waals surface area (Å²) in [7, 11) is 1.66. The van der Waals surface area contributed by atoms with Crippen molar-refractivity contribution in [1.82, 2.24) is 15.5 Å². The summed E-state index contributed by atoms with van der Waals surface area (Å²) in [5, 5.41) is 10.7. The third-order valence-electron chi connectivity index (χ3n) is 5.20. The Hall–Kier alpha value is -3.28. The van der Waals surface area contributed by atoms with E-state index in [9.17, 15) is 4.79 Å². The highest BCUT2D eigenvalue weighted by Gasteiger charge is 2.26. The average molecular weight is 376 g/mol. The van der Waals surface area contributed by atoms with Crippen LogP contribution in [-0.2, 0) is 0 Å². The Labute approximate surface area is 164 Å². The number of ether oxygens (including phenoxy) is 1. The number of benzene rings is 2. The van der Waals surface area contributed by atoms with E-state index in [2.05, 4.69) is 20.4 Å². The number of H-pyrrole nitrogens is 1. The van der Waals surface area contributed by atoms with Crippen LogP contribution in [0.5, 0.6) is 5.75 Å². The van der Waals surface area contributed by atoms with E-state index in [-0.39, 0.29) is 11.9 Å². The topological polar surface area (TPSA) is 70.2 Å². The second-order valence-electron chi connectivity index (χ2n) is 7.09. The average Bonchev–Trinajstić information content (AvgIpc) is 3.38.